The fraction of sp³-hybridized carbons (Fsp3) is 0.200. The maximum Gasteiger partial charge on any atom is 0.338 e. The van der Waals surface area contributed by atoms with Gasteiger partial charge in [-0.05, 0) is 55.5 Å². The van der Waals surface area contributed by atoms with Gasteiger partial charge in [0, 0.05) is 18.3 Å². The molecule has 0 saturated heterocycles. The molecule has 0 unspecified atom stereocenters. The number of thioether (sulfide) groups is 1. The van der Waals surface area contributed by atoms with Gasteiger partial charge >= 0.3 is 5.97 Å². The number of esters is 1. The summed E-state index contributed by atoms with van der Waals surface area (Å²) in [7, 11) is 1.78. The molecule has 0 spiro atoms. The van der Waals surface area contributed by atoms with Crippen molar-refractivity contribution in [2.75, 3.05) is 17.7 Å². The summed E-state index contributed by atoms with van der Waals surface area (Å²) in [6.07, 6.45) is 0. The number of aromatic nitrogens is 3. The van der Waals surface area contributed by atoms with E-state index in [1.54, 1.807) is 54.9 Å². The van der Waals surface area contributed by atoms with E-state index in [9.17, 15) is 14.0 Å². The van der Waals surface area contributed by atoms with E-state index in [-0.39, 0.29) is 17.5 Å². The maximum atomic E-state index is 13.1. The molecule has 0 atom stereocenters. The molecule has 29 heavy (non-hydrogen) atoms. The van der Waals surface area contributed by atoms with Gasteiger partial charge in [0.2, 0.25) is 5.91 Å². The van der Waals surface area contributed by atoms with E-state index in [1.807, 2.05) is 0 Å². The van der Waals surface area contributed by atoms with Crippen LogP contribution in [0.3, 0.4) is 0 Å². The van der Waals surface area contributed by atoms with Gasteiger partial charge in [0.25, 0.3) is 0 Å². The fourth-order valence-electron chi connectivity index (χ4n) is 2.52. The summed E-state index contributed by atoms with van der Waals surface area (Å²) in [6.45, 7) is 2.04. The Morgan fingerprint density at radius 1 is 1.10 bits per heavy atom. The van der Waals surface area contributed by atoms with Crippen LogP contribution >= 0.6 is 11.8 Å². The van der Waals surface area contributed by atoms with Crippen LogP contribution < -0.4 is 5.32 Å². The first kappa shape index (κ1) is 20.5. The van der Waals surface area contributed by atoms with Crippen LogP contribution in [0.4, 0.5) is 10.1 Å². The smallest absolute Gasteiger partial charge is 0.338 e. The van der Waals surface area contributed by atoms with Crippen molar-refractivity contribution < 1.29 is 18.7 Å². The fourth-order valence-corrected chi connectivity index (χ4v) is 3.23. The largest absolute Gasteiger partial charge is 0.462 e. The highest BCUT2D eigenvalue weighted by molar-refractivity contribution is 7.99. The molecule has 9 heteroatoms. The lowest BCUT2D eigenvalue weighted by molar-refractivity contribution is -0.113. The molecule has 0 aliphatic carbocycles. The monoisotopic (exact) mass is 414 g/mol. The Labute approximate surface area is 171 Å². The van der Waals surface area contributed by atoms with Crippen LogP contribution in [-0.4, -0.2) is 39.0 Å². The number of carbonyl (C=O) groups is 2. The van der Waals surface area contributed by atoms with E-state index in [1.165, 1.54) is 23.9 Å². The van der Waals surface area contributed by atoms with Crippen LogP contribution in [0.2, 0.25) is 0 Å². The highest BCUT2D eigenvalue weighted by atomic mass is 32.2. The predicted molar refractivity (Wildman–Crippen MR) is 108 cm³/mol. The van der Waals surface area contributed by atoms with Crippen LogP contribution in [0, 0.1) is 5.82 Å². The minimum Gasteiger partial charge on any atom is -0.462 e. The Morgan fingerprint density at radius 3 is 2.45 bits per heavy atom. The van der Waals surface area contributed by atoms with Crippen molar-refractivity contribution in [3.05, 3.63) is 59.9 Å². The molecule has 7 nitrogen and oxygen atoms in total. The number of nitrogens with one attached hydrogen (secondary N) is 1. The Hall–Kier alpha value is -3.20. The van der Waals surface area contributed by atoms with E-state index in [2.05, 4.69) is 15.5 Å². The van der Waals surface area contributed by atoms with Crippen molar-refractivity contribution in [3.8, 4) is 11.4 Å². The van der Waals surface area contributed by atoms with Crippen LogP contribution in [0.5, 0.6) is 0 Å². The lowest BCUT2D eigenvalue weighted by atomic mass is 10.2. The first-order valence-corrected chi connectivity index (χ1v) is 9.81. The predicted octanol–water partition coefficient (Wildman–Crippen LogP) is 3.53. The van der Waals surface area contributed by atoms with Crippen molar-refractivity contribution >= 4 is 29.3 Å². The van der Waals surface area contributed by atoms with Gasteiger partial charge in [-0.3, -0.25) is 4.79 Å². The third-order valence-corrected chi connectivity index (χ3v) is 4.97. The molecular weight excluding hydrogens is 395 g/mol. The second kappa shape index (κ2) is 9.33. The minimum atomic E-state index is -0.403. The van der Waals surface area contributed by atoms with E-state index in [0.29, 0.717) is 28.8 Å². The molecule has 3 aromatic rings. The molecule has 0 aliphatic rings. The molecule has 1 amide bonds. The molecule has 0 fully saturated rings. The molecule has 2 aromatic carbocycles. The zero-order chi connectivity index (χ0) is 20.8. The van der Waals surface area contributed by atoms with Gasteiger partial charge in [-0.25, -0.2) is 9.18 Å². The topological polar surface area (TPSA) is 86.1 Å². The molecule has 1 heterocycles. The first-order valence-electron chi connectivity index (χ1n) is 8.83. The lowest BCUT2D eigenvalue weighted by Gasteiger charge is -2.07. The van der Waals surface area contributed by atoms with Crippen LogP contribution in [0.15, 0.2) is 53.7 Å². The van der Waals surface area contributed by atoms with Crippen LogP contribution in [0.25, 0.3) is 11.4 Å². The Balaban J connectivity index is 1.57. The summed E-state index contributed by atoms with van der Waals surface area (Å²) in [5.41, 5.74) is 1.74. The second-order valence-electron chi connectivity index (χ2n) is 6.01. The molecule has 0 saturated carbocycles. The number of halogens is 1. The molecular formula is C20H19FN4O3S. The molecule has 3 rings (SSSR count). The SMILES string of the molecule is CCOC(=O)c1ccc(NC(=O)CSc2nnc(-c3ccc(F)cc3)n2C)cc1. The third-order valence-electron chi connectivity index (χ3n) is 3.95. The summed E-state index contributed by atoms with van der Waals surface area (Å²) in [5.74, 6) is -0.222. The maximum absolute atomic E-state index is 13.1. The summed E-state index contributed by atoms with van der Waals surface area (Å²) in [4.78, 5) is 23.9. The zero-order valence-electron chi connectivity index (χ0n) is 15.9. The number of nitrogens with zero attached hydrogens (tertiary/aromatic N) is 3. The van der Waals surface area contributed by atoms with Crippen LogP contribution in [0.1, 0.15) is 17.3 Å². The molecule has 0 bridgehead atoms. The van der Waals surface area contributed by atoms with E-state index in [4.69, 9.17) is 4.74 Å². The summed E-state index contributed by atoms with van der Waals surface area (Å²) in [6, 6.07) is 12.4. The quantitative estimate of drug-likeness (QED) is 0.470. The number of amides is 1. The minimum absolute atomic E-state index is 0.134. The Morgan fingerprint density at radius 2 is 1.79 bits per heavy atom. The van der Waals surface area contributed by atoms with Gasteiger partial charge in [-0.2, -0.15) is 0 Å². The van der Waals surface area contributed by atoms with Gasteiger partial charge in [-0.15, -0.1) is 10.2 Å². The van der Waals surface area contributed by atoms with Gasteiger partial charge in [0.1, 0.15) is 5.82 Å². The molecule has 0 aliphatic heterocycles. The van der Waals surface area contributed by atoms with Crippen molar-refractivity contribution in [1.82, 2.24) is 14.8 Å². The summed E-state index contributed by atoms with van der Waals surface area (Å²) >= 11 is 1.24. The van der Waals surface area contributed by atoms with E-state index in [0.717, 1.165) is 5.56 Å². The zero-order valence-corrected chi connectivity index (χ0v) is 16.7. The van der Waals surface area contributed by atoms with Crippen molar-refractivity contribution in [3.63, 3.8) is 0 Å². The second-order valence-corrected chi connectivity index (χ2v) is 6.95. The molecule has 0 radical (unpaired) electrons. The number of anilines is 1. The van der Waals surface area contributed by atoms with E-state index < -0.39 is 5.97 Å². The van der Waals surface area contributed by atoms with Crippen LogP contribution in [-0.2, 0) is 16.6 Å². The Kier molecular flexibility index (Phi) is 6.61. The standard InChI is InChI=1S/C20H19FN4O3S/c1-3-28-19(27)14-6-10-16(11-7-14)22-17(26)12-29-20-24-23-18(25(20)2)13-4-8-15(21)9-5-13/h4-11H,3,12H2,1-2H3,(H,22,26). The number of hydrogen-bond donors (Lipinski definition) is 1. The number of ether oxygens (including phenoxy) is 1. The number of carbonyl (C=O) groups excluding carboxylic acids is 2. The van der Waals surface area contributed by atoms with Crippen molar-refractivity contribution in [2.45, 2.75) is 12.1 Å². The highest BCUT2D eigenvalue weighted by Gasteiger charge is 2.13. The number of benzene rings is 2. The summed E-state index contributed by atoms with van der Waals surface area (Å²) in [5, 5.41) is 11.5. The molecule has 1 aromatic heterocycles. The van der Waals surface area contributed by atoms with Crippen molar-refractivity contribution in [2.24, 2.45) is 7.05 Å². The molecule has 150 valence electrons. The third kappa shape index (κ3) is 5.20. The van der Waals surface area contributed by atoms with E-state index >= 15 is 0 Å². The highest BCUT2D eigenvalue weighted by Crippen LogP contribution is 2.23. The average molecular weight is 414 g/mol. The van der Waals surface area contributed by atoms with Crippen molar-refractivity contribution in [1.29, 1.82) is 0 Å². The van der Waals surface area contributed by atoms with Gasteiger partial charge < -0.3 is 14.6 Å². The Bertz CT molecular complexity index is 1000. The number of rotatable bonds is 7. The molecule has 1 N–H and O–H groups in total. The van der Waals surface area contributed by atoms with Gasteiger partial charge in [0.15, 0.2) is 11.0 Å². The average Bonchev–Trinajstić information content (AvgIpc) is 3.08. The number of hydrogen-bond acceptors (Lipinski definition) is 6. The normalized spacial score (nSPS) is 10.6. The first-order chi connectivity index (χ1) is 14.0. The summed E-state index contributed by atoms with van der Waals surface area (Å²) < 4.78 is 19.8. The lowest BCUT2D eigenvalue weighted by Crippen LogP contribution is -2.14. The van der Waals surface area contributed by atoms with Gasteiger partial charge in [-0.1, -0.05) is 11.8 Å². The van der Waals surface area contributed by atoms with Gasteiger partial charge in [0.05, 0.1) is 17.9 Å².